The van der Waals surface area contributed by atoms with E-state index in [1.807, 2.05) is 0 Å². The van der Waals surface area contributed by atoms with Gasteiger partial charge in [0.25, 0.3) is 0 Å². The Bertz CT molecular complexity index is 1270. The van der Waals surface area contributed by atoms with E-state index >= 15 is 0 Å². The van der Waals surface area contributed by atoms with Crippen molar-refractivity contribution in [3.63, 3.8) is 0 Å². The summed E-state index contributed by atoms with van der Waals surface area (Å²) in [5, 5.41) is 9.44. The minimum Gasteiger partial charge on any atom is -0.494 e. The van der Waals surface area contributed by atoms with Crippen LogP contribution >= 0.6 is 0 Å². The molecule has 0 bridgehead atoms. The number of likely N-dealkylation sites (N-methyl/N-ethyl adjacent to an activating group) is 1. The molecule has 2 N–H and O–H groups in total. The standard InChI is InChI=1S/C21H22F4N4O3S/c1-28(2)10-11-29-20(21(23,24)25)18(13-8-9-16(32-3)15(22)12-13)19(27-29)14-6-4-5-7-17(14)33(26,30)31/h4-9,12H,10-11H2,1-3H3,(H2,26,30,31). The number of primary sulfonamides is 1. The molecular formula is C21H22F4N4O3S. The summed E-state index contributed by atoms with van der Waals surface area (Å²) < 4.78 is 87.3. The quantitative estimate of drug-likeness (QED) is 0.516. The molecule has 0 atom stereocenters. The van der Waals surface area contributed by atoms with Crippen LogP contribution in [0.2, 0.25) is 0 Å². The second-order valence-corrected chi connectivity index (χ2v) is 9.02. The molecule has 0 fully saturated rings. The van der Waals surface area contributed by atoms with Gasteiger partial charge in [-0.1, -0.05) is 24.3 Å². The molecule has 1 aromatic heterocycles. The summed E-state index contributed by atoms with van der Waals surface area (Å²) in [7, 11) is 0.308. The lowest BCUT2D eigenvalue weighted by atomic mass is 9.98. The lowest BCUT2D eigenvalue weighted by Gasteiger charge is -2.15. The highest BCUT2D eigenvalue weighted by molar-refractivity contribution is 7.89. The van der Waals surface area contributed by atoms with Crippen molar-refractivity contribution >= 4 is 10.0 Å². The molecule has 3 aromatic rings. The van der Waals surface area contributed by atoms with Crippen LogP contribution in [-0.2, 0) is 22.7 Å². The monoisotopic (exact) mass is 486 g/mol. The summed E-state index contributed by atoms with van der Waals surface area (Å²) >= 11 is 0. The average Bonchev–Trinajstić information content (AvgIpc) is 3.11. The molecule has 0 aliphatic heterocycles. The minimum atomic E-state index is -4.88. The maximum Gasteiger partial charge on any atom is 0.433 e. The van der Waals surface area contributed by atoms with Gasteiger partial charge in [-0.3, -0.25) is 4.68 Å². The first kappa shape index (κ1) is 24.7. The summed E-state index contributed by atoms with van der Waals surface area (Å²) in [6.07, 6.45) is -4.88. The van der Waals surface area contributed by atoms with E-state index in [9.17, 15) is 26.0 Å². The van der Waals surface area contributed by atoms with E-state index in [4.69, 9.17) is 9.88 Å². The Morgan fingerprint density at radius 2 is 1.82 bits per heavy atom. The van der Waals surface area contributed by atoms with Gasteiger partial charge in [0.05, 0.1) is 18.6 Å². The van der Waals surface area contributed by atoms with E-state index < -0.39 is 38.2 Å². The van der Waals surface area contributed by atoms with E-state index in [1.54, 1.807) is 19.0 Å². The van der Waals surface area contributed by atoms with Crippen molar-refractivity contribution in [2.45, 2.75) is 17.6 Å². The molecule has 0 saturated carbocycles. The third-order valence-corrected chi connectivity index (χ3v) is 5.84. The van der Waals surface area contributed by atoms with Crippen molar-refractivity contribution in [2.24, 2.45) is 5.14 Å². The van der Waals surface area contributed by atoms with Crippen LogP contribution in [0.1, 0.15) is 5.69 Å². The first-order chi connectivity index (χ1) is 15.3. The van der Waals surface area contributed by atoms with E-state index in [0.717, 1.165) is 10.7 Å². The number of hydrogen-bond acceptors (Lipinski definition) is 5. The van der Waals surface area contributed by atoms with Gasteiger partial charge >= 0.3 is 6.18 Å². The molecule has 7 nitrogen and oxygen atoms in total. The van der Waals surface area contributed by atoms with Crippen LogP contribution in [-0.4, -0.2) is 50.8 Å². The van der Waals surface area contributed by atoms with Crippen LogP contribution in [0.4, 0.5) is 17.6 Å². The number of hydrogen-bond donors (Lipinski definition) is 1. The number of halogens is 4. The molecule has 0 aliphatic rings. The third-order valence-electron chi connectivity index (χ3n) is 4.87. The predicted molar refractivity (Wildman–Crippen MR) is 115 cm³/mol. The van der Waals surface area contributed by atoms with Crippen molar-refractivity contribution < 1.29 is 30.7 Å². The van der Waals surface area contributed by atoms with Crippen LogP contribution in [0.15, 0.2) is 47.4 Å². The fourth-order valence-corrected chi connectivity index (χ4v) is 4.14. The first-order valence-corrected chi connectivity index (χ1v) is 11.2. The Balaban J connectivity index is 2.42. The number of alkyl halides is 3. The number of nitrogens with zero attached hydrogens (tertiary/aromatic N) is 3. The molecule has 12 heteroatoms. The molecular weight excluding hydrogens is 464 g/mol. The molecule has 0 aliphatic carbocycles. The SMILES string of the molecule is COc1ccc(-c2c(-c3ccccc3S(N)(=O)=O)nn(CCN(C)C)c2C(F)(F)F)cc1F. The second-order valence-electron chi connectivity index (χ2n) is 7.49. The Morgan fingerprint density at radius 1 is 1.15 bits per heavy atom. The Labute approximate surface area is 188 Å². The molecule has 0 unspecified atom stereocenters. The maximum atomic E-state index is 14.5. The minimum absolute atomic E-state index is 0.125. The second kappa shape index (κ2) is 9.12. The number of sulfonamides is 1. The van der Waals surface area contributed by atoms with E-state index in [2.05, 4.69) is 5.10 Å². The first-order valence-electron chi connectivity index (χ1n) is 9.63. The van der Waals surface area contributed by atoms with Gasteiger partial charge in [-0.2, -0.15) is 18.3 Å². The highest BCUT2D eigenvalue weighted by Gasteiger charge is 2.41. The van der Waals surface area contributed by atoms with Crippen LogP contribution in [0.25, 0.3) is 22.4 Å². The van der Waals surface area contributed by atoms with E-state index in [-0.39, 0.29) is 35.7 Å². The van der Waals surface area contributed by atoms with Gasteiger partial charge < -0.3 is 9.64 Å². The highest BCUT2D eigenvalue weighted by Crippen LogP contribution is 2.44. The van der Waals surface area contributed by atoms with Gasteiger partial charge in [0.2, 0.25) is 10.0 Å². The summed E-state index contributed by atoms with van der Waals surface area (Å²) in [6.45, 7) is 0.0719. The van der Waals surface area contributed by atoms with Crippen molar-refractivity contribution in [2.75, 3.05) is 27.7 Å². The highest BCUT2D eigenvalue weighted by atomic mass is 32.2. The smallest absolute Gasteiger partial charge is 0.433 e. The van der Waals surface area contributed by atoms with Gasteiger partial charge in [0, 0.05) is 17.7 Å². The molecule has 0 amide bonds. The van der Waals surface area contributed by atoms with Crippen molar-refractivity contribution in [3.8, 4) is 28.1 Å². The van der Waals surface area contributed by atoms with E-state index in [0.29, 0.717) is 0 Å². The van der Waals surface area contributed by atoms with Crippen LogP contribution in [0.5, 0.6) is 5.75 Å². The number of nitrogens with two attached hydrogens (primary N) is 1. The zero-order chi connectivity index (χ0) is 24.6. The van der Waals surface area contributed by atoms with Crippen LogP contribution in [0.3, 0.4) is 0 Å². The van der Waals surface area contributed by atoms with Gasteiger partial charge in [0.15, 0.2) is 17.3 Å². The normalized spacial score (nSPS) is 12.4. The van der Waals surface area contributed by atoms with Crippen LogP contribution < -0.4 is 9.88 Å². The van der Waals surface area contributed by atoms with Gasteiger partial charge in [0.1, 0.15) is 5.69 Å². The number of aromatic nitrogens is 2. The van der Waals surface area contributed by atoms with Crippen LogP contribution in [0, 0.1) is 5.82 Å². The molecule has 3 rings (SSSR count). The fourth-order valence-electron chi connectivity index (χ4n) is 3.40. The molecule has 1 heterocycles. The topological polar surface area (TPSA) is 90.5 Å². The lowest BCUT2D eigenvalue weighted by Crippen LogP contribution is -2.23. The predicted octanol–water partition coefficient (Wildman–Crippen LogP) is 3.59. The Morgan fingerprint density at radius 3 is 2.36 bits per heavy atom. The summed E-state index contributed by atoms with van der Waals surface area (Å²) in [5.74, 6) is -1.03. The number of methoxy groups -OCH3 is 1. The van der Waals surface area contributed by atoms with Gasteiger partial charge in [-0.25, -0.2) is 17.9 Å². The molecule has 0 spiro atoms. The van der Waals surface area contributed by atoms with E-state index in [1.165, 1.54) is 43.5 Å². The van der Waals surface area contributed by atoms with Gasteiger partial charge in [-0.05, 0) is 37.9 Å². The average molecular weight is 486 g/mol. The molecule has 2 aromatic carbocycles. The summed E-state index contributed by atoms with van der Waals surface area (Å²) in [6, 6.07) is 8.67. The third kappa shape index (κ3) is 5.18. The molecule has 178 valence electrons. The number of ether oxygens (including phenoxy) is 1. The zero-order valence-corrected chi connectivity index (χ0v) is 18.8. The number of benzene rings is 2. The largest absolute Gasteiger partial charge is 0.494 e. The van der Waals surface area contributed by atoms with Crippen molar-refractivity contribution in [3.05, 3.63) is 54.0 Å². The molecule has 0 saturated heterocycles. The van der Waals surface area contributed by atoms with Crippen molar-refractivity contribution in [1.82, 2.24) is 14.7 Å². The summed E-state index contributed by atoms with van der Waals surface area (Å²) in [5.41, 5.74) is -2.14. The van der Waals surface area contributed by atoms with Gasteiger partial charge in [-0.15, -0.1) is 0 Å². The zero-order valence-electron chi connectivity index (χ0n) is 18.0. The van der Waals surface area contributed by atoms with Crippen molar-refractivity contribution in [1.29, 1.82) is 0 Å². The summed E-state index contributed by atoms with van der Waals surface area (Å²) in [4.78, 5) is 1.28. The molecule has 0 radical (unpaired) electrons. The fraction of sp³-hybridized carbons (Fsp3) is 0.286. The Hall–Kier alpha value is -2.96. The number of rotatable bonds is 7. The Kier molecular flexibility index (Phi) is 6.82. The maximum absolute atomic E-state index is 14.5. The molecule has 33 heavy (non-hydrogen) atoms. The lowest BCUT2D eigenvalue weighted by molar-refractivity contribution is -0.143.